The molecule has 90 valence electrons. The van der Waals surface area contributed by atoms with Gasteiger partial charge in [0.05, 0.1) is 5.25 Å². The molecule has 0 fully saturated rings. The first-order valence-electron chi connectivity index (χ1n) is 4.47. The highest BCUT2D eigenvalue weighted by atomic mass is 32.2. The van der Waals surface area contributed by atoms with Gasteiger partial charge in [-0.05, 0) is 24.6 Å². The van der Waals surface area contributed by atoms with Gasteiger partial charge in [-0.25, -0.2) is 8.42 Å². The van der Waals surface area contributed by atoms with Crippen molar-refractivity contribution in [2.24, 2.45) is 0 Å². The second kappa shape index (κ2) is 5.20. The summed E-state index contributed by atoms with van der Waals surface area (Å²) >= 11 is 2.62. The quantitative estimate of drug-likeness (QED) is 0.913. The van der Waals surface area contributed by atoms with Gasteiger partial charge in [0.25, 0.3) is 0 Å². The van der Waals surface area contributed by atoms with Crippen molar-refractivity contribution in [3.8, 4) is 0 Å². The monoisotopic (exact) mass is 279 g/mol. The molecule has 1 aromatic rings. The fraction of sp³-hybridized carbons (Fsp3) is 0.444. The number of rotatable bonds is 4. The number of hydrogen-bond acceptors (Lipinski definition) is 5. The van der Waals surface area contributed by atoms with Crippen LogP contribution >= 0.6 is 23.1 Å². The summed E-state index contributed by atoms with van der Waals surface area (Å²) in [6, 6.07) is 1.50. The maximum Gasteiger partial charge on any atom is 0.237 e. The largest absolute Gasteiger partial charge is 0.316 e. The zero-order valence-electron chi connectivity index (χ0n) is 9.18. The van der Waals surface area contributed by atoms with Crippen LogP contribution in [0.5, 0.6) is 0 Å². The minimum Gasteiger partial charge on any atom is -0.316 e. The number of anilines is 1. The van der Waals surface area contributed by atoms with E-state index in [0.29, 0.717) is 5.00 Å². The van der Waals surface area contributed by atoms with E-state index in [1.165, 1.54) is 29.2 Å². The van der Waals surface area contributed by atoms with Crippen molar-refractivity contribution in [2.45, 2.75) is 17.1 Å². The number of thioether (sulfide) groups is 1. The van der Waals surface area contributed by atoms with Gasteiger partial charge in [-0.3, -0.25) is 4.79 Å². The van der Waals surface area contributed by atoms with E-state index in [1.807, 2.05) is 6.26 Å². The summed E-state index contributed by atoms with van der Waals surface area (Å²) in [6.45, 7) is 1.77. The average Bonchev–Trinajstić information content (AvgIpc) is 2.63. The third-order valence-corrected chi connectivity index (χ3v) is 5.01. The summed E-state index contributed by atoms with van der Waals surface area (Å²) in [5.74, 6) is -0.181. The lowest BCUT2D eigenvalue weighted by Crippen LogP contribution is -2.22. The summed E-state index contributed by atoms with van der Waals surface area (Å²) < 4.78 is 22.8. The van der Waals surface area contributed by atoms with E-state index in [9.17, 15) is 13.2 Å². The average molecular weight is 279 g/mol. The van der Waals surface area contributed by atoms with Crippen molar-refractivity contribution in [1.82, 2.24) is 0 Å². The van der Waals surface area contributed by atoms with Crippen LogP contribution in [0.2, 0.25) is 0 Å². The van der Waals surface area contributed by atoms with Gasteiger partial charge in [-0.15, -0.1) is 11.3 Å². The zero-order chi connectivity index (χ0) is 12.3. The molecule has 1 N–H and O–H groups in total. The predicted molar refractivity (Wildman–Crippen MR) is 69.0 cm³/mol. The fourth-order valence-corrected chi connectivity index (χ4v) is 3.35. The SMILES string of the molecule is CS[C@@H](C)C(=O)Nc1sccc1S(C)(=O)=O. The van der Waals surface area contributed by atoms with Gasteiger partial charge in [0, 0.05) is 6.26 Å². The molecule has 4 nitrogen and oxygen atoms in total. The van der Waals surface area contributed by atoms with E-state index in [0.717, 1.165) is 6.26 Å². The van der Waals surface area contributed by atoms with Crippen molar-refractivity contribution in [2.75, 3.05) is 17.8 Å². The molecule has 1 heterocycles. The molecule has 1 aromatic heterocycles. The van der Waals surface area contributed by atoms with Crippen LogP contribution < -0.4 is 5.32 Å². The predicted octanol–water partition coefficient (Wildman–Crippen LogP) is 1.84. The first-order valence-corrected chi connectivity index (χ1v) is 8.53. The number of amides is 1. The molecule has 0 radical (unpaired) electrons. The topological polar surface area (TPSA) is 63.2 Å². The number of sulfone groups is 1. The zero-order valence-corrected chi connectivity index (χ0v) is 11.6. The van der Waals surface area contributed by atoms with Gasteiger partial charge < -0.3 is 5.32 Å². The molecule has 0 aromatic carbocycles. The fourth-order valence-electron chi connectivity index (χ4n) is 1.00. The highest BCUT2D eigenvalue weighted by Gasteiger charge is 2.18. The number of carbonyl (C=O) groups excluding carboxylic acids is 1. The number of carbonyl (C=O) groups is 1. The molecule has 0 saturated heterocycles. The van der Waals surface area contributed by atoms with E-state index < -0.39 is 9.84 Å². The summed E-state index contributed by atoms with van der Waals surface area (Å²) in [5, 5.41) is 4.47. The molecule has 0 aliphatic carbocycles. The third kappa shape index (κ3) is 3.23. The van der Waals surface area contributed by atoms with Crippen LogP contribution in [-0.2, 0) is 14.6 Å². The summed E-state index contributed by atoms with van der Waals surface area (Å²) in [6.07, 6.45) is 2.96. The minimum absolute atomic E-state index is 0.180. The molecule has 7 heteroatoms. The lowest BCUT2D eigenvalue weighted by molar-refractivity contribution is -0.115. The van der Waals surface area contributed by atoms with E-state index >= 15 is 0 Å². The van der Waals surface area contributed by atoms with Crippen LogP contribution in [-0.4, -0.2) is 32.1 Å². The van der Waals surface area contributed by atoms with Gasteiger partial charge in [-0.2, -0.15) is 11.8 Å². The third-order valence-electron chi connectivity index (χ3n) is 1.99. The molecular weight excluding hydrogens is 266 g/mol. The highest BCUT2D eigenvalue weighted by molar-refractivity contribution is 7.99. The van der Waals surface area contributed by atoms with Crippen LogP contribution in [0.25, 0.3) is 0 Å². The minimum atomic E-state index is -3.28. The Kier molecular flexibility index (Phi) is 4.40. The van der Waals surface area contributed by atoms with E-state index in [-0.39, 0.29) is 16.1 Å². The normalized spacial score (nSPS) is 13.4. The molecule has 0 saturated carbocycles. The van der Waals surface area contributed by atoms with Crippen LogP contribution in [0.1, 0.15) is 6.92 Å². The maximum absolute atomic E-state index is 11.6. The molecule has 16 heavy (non-hydrogen) atoms. The van der Waals surface area contributed by atoms with Crippen molar-refractivity contribution in [3.05, 3.63) is 11.4 Å². The Hall–Kier alpha value is -0.530. The summed E-state index contributed by atoms with van der Waals surface area (Å²) in [7, 11) is -3.28. The molecule has 1 atom stereocenters. The maximum atomic E-state index is 11.6. The molecular formula is C9H13NO3S3. The van der Waals surface area contributed by atoms with E-state index in [1.54, 1.807) is 12.3 Å². The Balaban J connectivity index is 2.92. The Morgan fingerprint density at radius 3 is 2.69 bits per heavy atom. The van der Waals surface area contributed by atoms with Gasteiger partial charge in [0.15, 0.2) is 9.84 Å². The highest BCUT2D eigenvalue weighted by Crippen LogP contribution is 2.28. The van der Waals surface area contributed by atoms with Crippen molar-refractivity contribution in [1.29, 1.82) is 0 Å². The Labute approximate surface area is 103 Å². The molecule has 0 aliphatic rings. The lowest BCUT2D eigenvalue weighted by Gasteiger charge is -2.09. The van der Waals surface area contributed by atoms with Crippen molar-refractivity contribution in [3.63, 3.8) is 0 Å². The molecule has 0 unspecified atom stereocenters. The number of nitrogens with one attached hydrogen (secondary N) is 1. The first kappa shape index (κ1) is 13.5. The second-order valence-corrected chi connectivity index (χ2v) is 7.33. The van der Waals surface area contributed by atoms with E-state index in [4.69, 9.17) is 0 Å². The molecule has 0 aliphatic heterocycles. The molecule has 1 rings (SSSR count). The van der Waals surface area contributed by atoms with Crippen molar-refractivity contribution < 1.29 is 13.2 Å². The van der Waals surface area contributed by atoms with Crippen LogP contribution in [0.4, 0.5) is 5.00 Å². The van der Waals surface area contributed by atoms with Gasteiger partial charge in [0.1, 0.15) is 9.90 Å². The van der Waals surface area contributed by atoms with Crippen LogP contribution in [0, 0.1) is 0 Å². The summed E-state index contributed by atoms with van der Waals surface area (Å²) in [5.41, 5.74) is 0. The smallest absolute Gasteiger partial charge is 0.237 e. The van der Waals surface area contributed by atoms with Gasteiger partial charge in [-0.1, -0.05) is 0 Å². The molecule has 0 spiro atoms. The Morgan fingerprint density at radius 1 is 1.56 bits per heavy atom. The van der Waals surface area contributed by atoms with Crippen LogP contribution in [0.15, 0.2) is 16.3 Å². The first-order chi connectivity index (χ1) is 7.36. The number of hydrogen-bond donors (Lipinski definition) is 1. The second-order valence-electron chi connectivity index (χ2n) is 3.25. The van der Waals surface area contributed by atoms with Crippen molar-refractivity contribution >= 4 is 43.8 Å². The summed E-state index contributed by atoms with van der Waals surface area (Å²) in [4.78, 5) is 11.8. The van der Waals surface area contributed by atoms with Gasteiger partial charge in [0.2, 0.25) is 5.91 Å². The molecule has 0 bridgehead atoms. The van der Waals surface area contributed by atoms with Gasteiger partial charge >= 0.3 is 0 Å². The lowest BCUT2D eigenvalue weighted by atomic mass is 10.4. The van der Waals surface area contributed by atoms with E-state index in [2.05, 4.69) is 5.32 Å². The standard InChI is InChI=1S/C9H13NO3S3/c1-6(14-2)8(11)10-9-7(4-5-15-9)16(3,12)13/h4-6H,1-3H3,(H,10,11)/t6-/m0/s1. The van der Waals surface area contributed by atoms with Crippen LogP contribution in [0.3, 0.4) is 0 Å². The Morgan fingerprint density at radius 2 is 2.19 bits per heavy atom. The Bertz CT molecular complexity index is 478. The number of thiophene rings is 1. The molecule has 1 amide bonds.